The maximum atomic E-state index is 11.8. The molecule has 0 aromatic heterocycles. The SMILES string of the molecule is CC(NC(=O)NCCCC(=O)O)c1ccc2ccccc2c1. The van der Waals surface area contributed by atoms with Gasteiger partial charge in [0.2, 0.25) is 0 Å². The summed E-state index contributed by atoms with van der Waals surface area (Å²) in [6.07, 6.45) is 0.480. The summed E-state index contributed by atoms with van der Waals surface area (Å²) in [5.74, 6) is -0.855. The lowest BCUT2D eigenvalue weighted by Crippen LogP contribution is -2.37. The van der Waals surface area contributed by atoms with Crippen LogP contribution in [-0.2, 0) is 4.79 Å². The third-order valence-corrected chi connectivity index (χ3v) is 3.47. The molecule has 0 aliphatic carbocycles. The molecule has 0 heterocycles. The monoisotopic (exact) mass is 300 g/mol. The van der Waals surface area contributed by atoms with E-state index >= 15 is 0 Å². The molecule has 0 bridgehead atoms. The van der Waals surface area contributed by atoms with Gasteiger partial charge in [-0.3, -0.25) is 4.79 Å². The van der Waals surface area contributed by atoms with E-state index in [1.807, 2.05) is 43.3 Å². The van der Waals surface area contributed by atoms with Crippen molar-refractivity contribution in [3.8, 4) is 0 Å². The van der Waals surface area contributed by atoms with Crippen LogP contribution in [-0.4, -0.2) is 23.7 Å². The zero-order valence-corrected chi connectivity index (χ0v) is 12.5. The van der Waals surface area contributed by atoms with Crippen LogP contribution < -0.4 is 10.6 Å². The van der Waals surface area contributed by atoms with Crippen LogP contribution in [0.3, 0.4) is 0 Å². The number of urea groups is 1. The first-order valence-corrected chi connectivity index (χ1v) is 7.31. The number of hydrogen-bond acceptors (Lipinski definition) is 2. The smallest absolute Gasteiger partial charge is 0.315 e. The van der Waals surface area contributed by atoms with Crippen LogP contribution in [0.15, 0.2) is 42.5 Å². The van der Waals surface area contributed by atoms with Crippen molar-refractivity contribution in [2.75, 3.05) is 6.54 Å². The van der Waals surface area contributed by atoms with Crippen molar-refractivity contribution >= 4 is 22.8 Å². The summed E-state index contributed by atoms with van der Waals surface area (Å²) < 4.78 is 0. The van der Waals surface area contributed by atoms with Gasteiger partial charge in [-0.15, -0.1) is 0 Å². The van der Waals surface area contributed by atoms with E-state index in [0.29, 0.717) is 13.0 Å². The average molecular weight is 300 g/mol. The quantitative estimate of drug-likeness (QED) is 0.717. The normalized spacial score (nSPS) is 11.9. The Morgan fingerprint density at radius 1 is 1.14 bits per heavy atom. The first-order valence-electron chi connectivity index (χ1n) is 7.31. The largest absolute Gasteiger partial charge is 0.481 e. The number of amides is 2. The highest BCUT2D eigenvalue weighted by molar-refractivity contribution is 5.83. The Kier molecular flexibility index (Phi) is 5.36. The lowest BCUT2D eigenvalue weighted by Gasteiger charge is -2.15. The van der Waals surface area contributed by atoms with E-state index < -0.39 is 5.97 Å². The molecule has 0 fully saturated rings. The molecule has 5 heteroatoms. The van der Waals surface area contributed by atoms with Crippen molar-refractivity contribution in [1.29, 1.82) is 0 Å². The van der Waals surface area contributed by atoms with Gasteiger partial charge in [-0.2, -0.15) is 0 Å². The van der Waals surface area contributed by atoms with E-state index in [0.717, 1.165) is 16.3 Å². The molecule has 2 amide bonds. The Hall–Kier alpha value is -2.56. The van der Waals surface area contributed by atoms with Gasteiger partial charge in [-0.1, -0.05) is 36.4 Å². The molecule has 2 aromatic rings. The average Bonchev–Trinajstić information content (AvgIpc) is 2.51. The highest BCUT2D eigenvalue weighted by Gasteiger charge is 2.09. The van der Waals surface area contributed by atoms with Gasteiger partial charge in [-0.25, -0.2) is 4.79 Å². The van der Waals surface area contributed by atoms with E-state index in [-0.39, 0.29) is 18.5 Å². The van der Waals surface area contributed by atoms with Crippen LogP contribution >= 0.6 is 0 Å². The van der Waals surface area contributed by atoms with Gasteiger partial charge in [0.05, 0.1) is 6.04 Å². The molecule has 0 saturated carbocycles. The molecule has 2 rings (SSSR count). The first-order chi connectivity index (χ1) is 10.6. The number of aliphatic carboxylic acids is 1. The summed E-state index contributed by atoms with van der Waals surface area (Å²) in [5.41, 5.74) is 1.03. The van der Waals surface area contributed by atoms with Crippen molar-refractivity contribution in [2.24, 2.45) is 0 Å². The first kappa shape index (κ1) is 15.8. The highest BCUT2D eigenvalue weighted by atomic mass is 16.4. The van der Waals surface area contributed by atoms with Crippen LogP contribution in [0.4, 0.5) is 4.79 Å². The number of fused-ring (bicyclic) bond motifs is 1. The third-order valence-electron chi connectivity index (χ3n) is 3.47. The number of hydrogen-bond donors (Lipinski definition) is 3. The molecule has 5 nitrogen and oxygen atoms in total. The number of carbonyl (C=O) groups is 2. The minimum Gasteiger partial charge on any atom is -0.481 e. The fourth-order valence-corrected chi connectivity index (χ4v) is 2.25. The molecule has 0 radical (unpaired) electrons. The molecule has 3 N–H and O–H groups in total. The summed E-state index contributed by atoms with van der Waals surface area (Å²) >= 11 is 0. The van der Waals surface area contributed by atoms with Crippen LogP contribution in [0.5, 0.6) is 0 Å². The van der Waals surface area contributed by atoms with E-state index in [9.17, 15) is 9.59 Å². The van der Waals surface area contributed by atoms with Crippen molar-refractivity contribution < 1.29 is 14.7 Å². The van der Waals surface area contributed by atoms with Crippen LogP contribution in [0.2, 0.25) is 0 Å². The van der Waals surface area contributed by atoms with Crippen LogP contribution in [0, 0.1) is 0 Å². The minimum absolute atomic E-state index is 0.0561. The van der Waals surface area contributed by atoms with Gasteiger partial charge in [0, 0.05) is 13.0 Å². The lowest BCUT2D eigenvalue weighted by atomic mass is 10.0. The second kappa shape index (κ2) is 7.45. The van der Waals surface area contributed by atoms with Gasteiger partial charge >= 0.3 is 12.0 Å². The molecule has 0 spiro atoms. The van der Waals surface area contributed by atoms with Crippen LogP contribution in [0.25, 0.3) is 10.8 Å². The molecule has 1 atom stereocenters. The second-order valence-corrected chi connectivity index (χ2v) is 5.23. The maximum absolute atomic E-state index is 11.8. The Morgan fingerprint density at radius 2 is 1.86 bits per heavy atom. The number of carboxylic acids is 1. The second-order valence-electron chi connectivity index (χ2n) is 5.23. The van der Waals surface area contributed by atoms with Crippen molar-refractivity contribution in [2.45, 2.75) is 25.8 Å². The molecular formula is C17H20N2O3. The van der Waals surface area contributed by atoms with E-state index in [1.165, 1.54) is 0 Å². The Morgan fingerprint density at radius 3 is 2.59 bits per heavy atom. The van der Waals surface area contributed by atoms with E-state index in [1.54, 1.807) is 0 Å². The Labute approximate surface area is 129 Å². The fraction of sp³-hybridized carbons (Fsp3) is 0.294. The van der Waals surface area contributed by atoms with Crippen molar-refractivity contribution in [3.63, 3.8) is 0 Å². The van der Waals surface area contributed by atoms with Gasteiger partial charge < -0.3 is 15.7 Å². The molecule has 116 valence electrons. The Balaban J connectivity index is 1.88. The van der Waals surface area contributed by atoms with Gasteiger partial charge in [0.25, 0.3) is 0 Å². The number of benzene rings is 2. The molecule has 22 heavy (non-hydrogen) atoms. The van der Waals surface area contributed by atoms with Crippen molar-refractivity contribution in [3.05, 3.63) is 48.0 Å². The summed E-state index contributed by atoms with van der Waals surface area (Å²) in [4.78, 5) is 22.2. The predicted molar refractivity (Wildman–Crippen MR) is 85.8 cm³/mol. The standard InChI is InChI=1S/C17H20N2O3/c1-12(19-17(22)18-10-4-7-16(20)21)14-9-8-13-5-2-3-6-15(13)11-14/h2-3,5-6,8-9,11-12H,4,7,10H2,1H3,(H,20,21)(H2,18,19,22). The summed E-state index contributed by atoms with van der Waals surface area (Å²) in [6.45, 7) is 2.27. The fourth-order valence-electron chi connectivity index (χ4n) is 2.25. The van der Waals surface area contributed by atoms with Gasteiger partial charge in [-0.05, 0) is 35.7 Å². The molecule has 0 aliphatic heterocycles. The molecule has 2 aromatic carbocycles. The molecule has 1 unspecified atom stereocenters. The molecular weight excluding hydrogens is 280 g/mol. The van der Waals surface area contributed by atoms with E-state index in [4.69, 9.17) is 5.11 Å². The van der Waals surface area contributed by atoms with Gasteiger partial charge in [0.15, 0.2) is 0 Å². The Bertz CT molecular complexity index is 670. The van der Waals surface area contributed by atoms with Gasteiger partial charge in [0.1, 0.15) is 0 Å². The summed E-state index contributed by atoms with van der Waals surface area (Å²) in [6, 6.07) is 13.8. The zero-order chi connectivity index (χ0) is 15.9. The minimum atomic E-state index is -0.855. The summed E-state index contributed by atoms with van der Waals surface area (Å²) in [7, 11) is 0. The zero-order valence-electron chi connectivity index (χ0n) is 12.5. The lowest BCUT2D eigenvalue weighted by molar-refractivity contribution is -0.137. The van der Waals surface area contributed by atoms with E-state index in [2.05, 4.69) is 16.7 Å². The molecule has 0 saturated heterocycles. The third kappa shape index (κ3) is 4.48. The van der Waals surface area contributed by atoms with Crippen LogP contribution in [0.1, 0.15) is 31.4 Å². The maximum Gasteiger partial charge on any atom is 0.315 e. The topological polar surface area (TPSA) is 78.4 Å². The molecule has 0 aliphatic rings. The van der Waals surface area contributed by atoms with Crippen molar-refractivity contribution in [1.82, 2.24) is 10.6 Å². The number of nitrogens with one attached hydrogen (secondary N) is 2. The number of carbonyl (C=O) groups excluding carboxylic acids is 1. The summed E-state index contributed by atoms with van der Waals surface area (Å²) in [5, 5.41) is 16.3. The number of rotatable bonds is 6. The number of carboxylic acid groups (broad SMARTS) is 1. The highest BCUT2D eigenvalue weighted by Crippen LogP contribution is 2.20. The predicted octanol–water partition coefficient (Wildman–Crippen LogP) is 3.06.